The summed E-state index contributed by atoms with van der Waals surface area (Å²) < 4.78 is 0. The number of pyridine rings is 2. The molecule has 4 heterocycles. The van der Waals surface area contributed by atoms with Crippen molar-refractivity contribution in [1.29, 1.82) is 0 Å². The van der Waals surface area contributed by atoms with Crippen LogP contribution in [-0.2, 0) is 0 Å². The van der Waals surface area contributed by atoms with Crippen molar-refractivity contribution in [3.63, 3.8) is 0 Å². The smallest absolute Gasteiger partial charge is 0.253 e. The Morgan fingerprint density at radius 2 is 1.64 bits per heavy atom. The molecule has 1 N–H and O–H groups in total. The fourth-order valence-corrected chi connectivity index (χ4v) is 4.10. The molecule has 0 aliphatic carbocycles. The van der Waals surface area contributed by atoms with E-state index in [2.05, 4.69) is 15.3 Å². The Labute approximate surface area is 192 Å². The van der Waals surface area contributed by atoms with Crippen molar-refractivity contribution in [2.24, 2.45) is 0 Å². The van der Waals surface area contributed by atoms with Gasteiger partial charge in [-0.1, -0.05) is 18.2 Å². The number of nitrogens with one attached hydrogen (secondary N) is 1. The number of amides is 1. The van der Waals surface area contributed by atoms with E-state index >= 15 is 0 Å². The molecule has 5 rings (SSSR count). The van der Waals surface area contributed by atoms with Crippen molar-refractivity contribution in [3.05, 3.63) is 96.8 Å². The van der Waals surface area contributed by atoms with E-state index in [1.807, 2.05) is 53.4 Å². The zero-order chi connectivity index (χ0) is 22.5. The molecule has 0 bridgehead atoms. The van der Waals surface area contributed by atoms with E-state index in [0.717, 1.165) is 48.0 Å². The van der Waals surface area contributed by atoms with Crippen LogP contribution in [0.15, 0.2) is 85.5 Å². The van der Waals surface area contributed by atoms with Crippen LogP contribution in [0.3, 0.4) is 0 Å². The van der Waals surface area contributed by atoms with E-state index < -0.39 is 0 Å². The van der Waals surface area contributed by atoms with Crippen LogP contribution in [-0.4, -0.2) is 43.8 Å². The van der Waals surface area contributed by atoms with Crippen molar-refractivity contribution in [1.82, 2.24) is 24.8 Å². The minimum atomic E-state index is 0.0232. The number of benzene rings is 1. The molecule has 164 valence electrons. The fourth-order valence-electron chi connectivity index (χ4n) is 4.10. The van der Waals surface area contributed by atoms with Gasteiger partial charge in [-0.25, -0.2) is 9.97 Å². The Kier molecular flexibility index (Phi) is 6.01. The summed E-state index contributed by atoms with van der Waals surface area (Å²) in [4.78, 5) is 32.8. The topological polar surface area (TPSA) is 83.9 Å². The quantitative estimate of drug-likeness (QED) is 0.488. The molecule has 0 spiro atoms. The van der Waals surface area contributed by atoms with E-state index in [9.17, 15) is 4.79 Å². The van der Waals surface area contributed by atoms with Gasteiger partial charge in [-0.05, 0) is 49.2 Å². The van der Waals surface area contributed by atoms with E-state index in [4.69, 9.17) is 9.97 Å². The second kappa shape index (κ2) is 9.56. The average Bonchev–Trinajstić information content (AvgIpc) is 2.90. The van der Waals surface area contributed by atoms with Gasteiger partial charge >= 0.3 is 0 Å². The summed E-state index contributed by atoms with van der Waals surface area (Å²) in [5, 5.41) is 3.40. The summed E-state index contributed by atoms with van der Waals surface area (Å²) in [6, 6.07) is 19.3. The molecule has 0 radical (unpaired) electrons. The van der Waals surface area contributed by atoms with Gasteiger partial charge in [0.2, 0.25) is 0 Å². The summed E-state index contributed by atoms with van der Waals surface area (Å²) in [5.41, 5.74) is 3.42. The second-order valence-corrected chi connectivity index (χ2v) is 8.05. The zero-order valence-corrected chi connectivity index (χ0v) is 18.1. The summed E-state index contributed by atoms with van der Waals surface area (Å²) in [6.45, 7) is 1.32. The number of rotatable bonds is 5. The summed E-state index contributed by atoms with van der Waals surface area (Å²) in [5.74, 6) is 1.56. The normalized spacial score (nSPS) is 15.8. The molecule has 1 fully saturated rings. The monoisotopic (exact) mass is 436 g/mol. The summed E-state index contributed by atoms with van der Waals surface area (Å²) in [6.07, 6.45) is 8.67. The highest BCUT2D eigenvalue weighted by molar-refractivity contribution is 5.94. The van der Waals surface area contributed by atoms with Crippen LogP contribution in [0, 0.1) is 0 Å². The molecule has 1 amide bonds. The Morgan fingerprint density at radius 3 is 2.39 bits per heavy atom. The molecule has 1 saturated heterocycles. The van der Waals surface area contributed by atoms with Crippen LogP contribution in [0.1, 0.15) is 34.9 Å². The number of carbonyl (C=O) groups is 1. The fraction of sp³-hybridized carbons (Fsp3) is 0.192. The Balaban J connectivity index is 1.46. The molecule has 33 heavy (non-hydrogen) atoms. The van der Waals surface area contributed by atoms with Crippen molar-refractivity contribution < 1.29 is 4.79 Å². The van der Waals surface area contributed by atoms with Crippen LogP contribution in [0.25, 0.3) is 11.3 Å². The average molecular weight is 437 g/mol. The third-order valence-electron chi connectivity index (χ3n) is 5.77. The lowest BCUT2D eigenvalue weighted by atomic mass is 9.96. The second-order valence-electron chi connectivity index (χ2n) is 8.05. The molecule has 1 atom stereocenters. The van der Waals surface area contributed by atoms with Crippen LogP contribution < -0.4 is 5.32 Å². The van der Waals surface area contributed by atoms with Gasteiger partial charge in [0, 0.05) is 66.7 Å². The van der Waals surface area contributed by atoms with Crippen molar-refractivity contribution in [3.8, 4) is 11.3 Å². The van der Waals surface area contributed by atoms with Crippen LogP contribution in [0.2, 0.25) is 0 Å². The first-order valence-corrected chi connectivity index (χ1v) is 11.1. The lowest BCUT2D eigenvalue weighted by molar-refractivity contribution is 0.0704. The zero-order valence-electron chi connectivity index (χ0n) is 18.1. The standard InChI is InChI=1S/C26H24N6O/c33-26(20-10-14-28-15-11-20)32-16-4-5-21(18-32)25-30-23(19-8-12-27-13-9-19)17-24(31-25)29-22-6-2-1-3-7-22/h1-3,6-15,17,21H,4-5,16,18H2,(H,29,30,31)/t21-/m0/s1. The first-order valence-electron chi connectivity index (χ1n) is 11.1. The van der Waals surface area contributed by atoms with E-state index in [1.165, 1.54) is 0 Å². The minimum Gasteiger partial charge on any atom is -0.340 e. The number of aromatic nitrogens is 4. The van der Waals surface area contributed by atoms with Gasteiger partial charge in [0.25, 0.3) is 5.91 Å². The number of likely N-dealkylation sites (tertiary alicyclic amines) is 1. The van der Waals surface area contributed by atoms with Gasteiger partial charge in [0.1, 0.15) is 11.6 Å². The molecule has 0 saturated carbocycles. The first kappa shape index (κ1) is 20.8. The lowest BCUT2D eigenvalue weighted by Gasteiger charge is -2.32. The predicted octanol–water partition coefficient (Wildman–Crippen LogP) is 4.70. The van der Waals surface area contributed by atoms with Crippen LogP contribution in [0.4, 0.5) is 11.5 Å². The van der Waals surface area contributed by atoms with Gasteiger partial charge < -0.3 is 10.2 Å². The molecular weight excluding hydrogens is 412 g/mol. The van der Waals surface area contributed by atoms with Crippen LogP contribution in [0.5, 0.6) is 0 Å². The predicted molar refractivity (Wildman–Crippen MR) is 127 cm³/mol. The van der Waals surface area contributed by atoms with E-state index in [-0.39, 0.29) is 11.8 Å². The van der Waals surface area contributed by atoms with Crippen molar-refractivity contribution >= 4 is 17.4 Å². The SMILES string of the molecule is O=C(c1ccncc1)N1CCC[C@H](c2nc(Nc3ccccc3)cc(-c3ccncc3)n2)C1. The van der Waals surface area contributed by atoms with Gasteiger partial charge in [-0.3, -0.25) is 14.8 Å². The number of hydrogen-bond donors (Lipinski definition) is 1. The van der Waals surface area contributed by atoms with Crippen molar-refractivity contribution in [2.75, 3.05) is 18.4 Å². The number of nitrogens with zero attached hydrogens (tertiary/aromatic N) is 5. The highest BCUT2D eigenvalue weighted by Gasteiger charge is 2.28. The van der Waals surface area contributed by atoms with E-state index in [1.54, 1.807) is 36.9 Å². The summed E-state index contributed by atoms with van der Waals surface area (Å²) in [7, 11) is 0. The first-order chi connectivity index (χ1) is 16.3. The Hall–Kier alpha value is -4.13. The third kappa shape index (κ3) is 4.87. The molecule has 1 aliphatic rings. The number of carbonyl (C=O) groups excluding carboxylic acids is 1. The molecule has 0 unspecified atom stereocenters. The maximum atomic E-state index is 13.0. The molecule has 4 aromatic rings. The number of anilines is 2. The van der Waals surface area contributed by atoms with Gasteiger partial charge in [0.15, 0.2) is 0 Å². The van der Waals surface area contributed by atoms with Gasteiger partial charge in [0.05, 0.1) is 5.69 Å². The van der Waals surface area contributed by atoms with E-state index in [0.29, 0.717) is 12.1 Å². The maximum Gasteiger partial charge on any atom is 0.253 e. The van der Waals surface area contributed by atoms with Gasteiger partial charge in [-0.2, -0.15) is 0 Å². The molecule has 1 aliphatic heterocycles. The number of piperidine rings is 1. The largest absolute Gasteiger partial charge is 0.340 e. The van der Waals surface area contributed by atoms with Crippen LogP contribution >= 0.6 is 0 Å². The third-order valence-corrected chi connectivity index (χ3v) is 5.77. The highest BCUT2D eigenvalue weighted by Crippen LogP contribution is 2.29. The molecule has 3 aromatic heterocycles. The number of para-hydroxylation sites is 1. The molecule has 7 nitrogen and oxygen atoms in total. The molecular formula is C26H24N6O. The number of hydrogen-bond acceptors (Lipinski definition) is 6. The summed E-state index contributed by atoms with van der Waals surface area (Å²) >= 11 is 0. The lowest BCUT2D eigenvalue weighted by Crippen LogP contribution is -2.39. The van der Waals surface area contributed by atoms with Gasteiger partial charge in [-0.15, -0.1) is 0 Å². The molecule has 7 heteroatoms. The Bertz CT molecular complexity index is 1220. The molecule has 1 aromatic carbocycles. The highest BCUT2D eigenvalue weighted by atomic mass is 16.2. The Morgan fingerprint density at radius 1 is 0.909 bits per heavy atom. The van der Waals surface area contributed by atoms with Crippen molar-refractivity contribution in [2.45, 2.75) is 18.8 Å². The maximum absolute atomic E-state index is 13.0. The minimum absolute atomic E-state index is 0.0232.